The molecule has 0 spiro atoms. The number of carbonyl (C=O) groups excluding carboxylic acids is 1. The van der Waals surface area contributed by atoms with Crippen LogP contribution in [0.1, 0.15) is 97.6 Å². The molecule has 0 bridgehead atoms. The summed E-state index contributed by atoms with van der Waals surface area (Å²) in [6, 6.07) is 7.03. The maximum Gasteiger partial charge on any atom is 0.253 e. The molecular formula is C37H57N5O3. The molecule has 2 aliphatic rings. The van der Waals surface area contributed by atoms with Crippen LogP contribution in [0.5, 0.6) is 0 Å². The molecule has 2 heterocycles. The molecule has 2 aromatic rings. The van der Waals surface area contributed by atoms with E-state index in [1.54, 1.807) is 7.11 Å². The summed E-state index contributed by atoms with van der Waals surface area (Å²) in [5.41, 5.74) is 5.65. The number of aryl methyl sites for hydroxylation is 2. The Bertz CT molecular complexity index is 1380. The molecule has 2 fully saturated rings. The van der Waals surface area contributed by atoms with Gasteiger partial charge in [0, 0.05) is 66.9 Å². The molecule has 4 rings (SSSR count). The normalized spacial score (nSPS) is 18.6. The van der Waals surface area contributed by atoms with E-state index >= 15 is 0 Å². The minimum Gasteiger partial charge on any atom is -0.383 e. The van der Waals surface area contributed by atoms with Gasteiger partial charge >= 0.3 is 0 Å². The summed E-state index contributed by atoms with van der Waals surface area (Å²) in [6.07, 6.45) is 8.28. The van der Waals surface area contributed by atoms with Crippen LogP contribution >= 0.6 is 0 Å². The first-order chi connectivity index (χ1) is 21.2. The van der Waals surface area contributed by atoms with Crippen molar-refractivity contribution in [3.8, 4) is 11.8 Å². The number of pyridine rings is 1. The fraction of sp³-hybridized carbons (Fsp3) is 0.622. The largest absolute Gasteiger partial charge is 0.383 e. The van der Waals surface area contributed by atoms with E-state index in [2.05, 4.69) is 56.9 Å². The van der Waals surface area contributed by atoms with Gasteiger partial charge in [0.2, 0.25) is 0 Å². The second-order valence-corrected chi connectivity index (χ2v) is 12.7. The van der Waals surface area contributed by atoms with Gasteiger partial charge in [-0.25, -0.2) is 0 Å². The molecule has 8 nitrogen and oxygen atoms in total. The van der Waals surface area contributed by atoms with Gasteiger partial charge in [0.25, 0.3) is 11.5 Å². The molecule has 0 radical (unpaired) electrons. The monoisotopic (exact) mass is 619 g/mol. The number of nitrogens with one attached hydrogen (secondary N) is 2. The van der Waals surface area contributed by atoms with Gasteiger partial charge in [0.15, 0.2) is 0 Å². The molecule has 1 amide bonds. The first-order valence-electron chi connectivity index (χ1n) is 16.5. The van der Waals surface area contributed by atoms with Crippen LogP contribution in [-0.4, -0.2) is 86.3 Å². The van der Waals surface area contributed by atoms with Crippen molar-refractivity contribution in [3.63, 3.8) is 0 Å². The number of aromatic amines is 1. The minimum atomic E-state index is -0.178. The van der Waals surface area contributed by atoms with E-state index in [0.717, 1.165) is 93.1 Å². The van der Waals surface area contributed by atoms with Crippen LogP contribution in [0.15, 0.2) is 23.0 Å². The fourth-order valence-electron chi connectivity index (χ4n) is 6.90. The van der Waals surface area contributed by atoms with Gasteiger partial charge < -0.3 is 24.8 Å². The van der Waals surface area contributed by atoms with Gasteiger partial charge in [-0.3, -0.25) is 14.5 Å². The molecule has 1 aromatic carbocycles. The summed E-state index contributed by atoms with van der Waals surface area (Å²) in [5.74, 6) is 6.62. The summed E-state index contributed by atoms with van der Waals surface area (Å²) < 4.78 is 5.30. The molecule has 0 unspecified atom stereocenters. The number of ether oxygens (including phenoxy) is 1. The van der Waals surface area contributed by atoms with Crippen molar-refractivity contribution in [3.05, 3.63) is 62.1 Å². The molecule has 1 aliphatic heterocycles. The number of amides is 1. The topological polar surface area (TPSA) is 80.9 Å². The predicted molar refractivity (Wildman–Crippen MR) is 186 cm³/mol. The highest BCUT2D eigenvalue weighted by Crippen LogP contribution is 2.33. The zero-order valence-corrected chi connectivity index (χ0v) is 27.9. The maximum atomic E-state index is 13.7. The Balaban J connectivity index is 0.00000552. The standard InChI is InChI=1S/C36H53N5O3.CH4/c1-7-41(31-15-13-30(14-16-31)39(5)20-21-44-6)34-24-29(12-11-19-40-17-9-8-10-18-40)23-32(28(34)4)35(42)37-25-33-26(2)22-27(3)38-36(33)43;/h22-24,30-31H,7-10,13-21,25H2,1-6H3,(H,37,42)(H,38,43);1H4. The van der Waals surface area contributed by atoms with Crippen molar-refractivity contribution in [2.24, 2.45) is 0 Å². The van der Waals surface area contributed by atoms with Crippen molar-refractivity contribution in [1.82, 2.24) is 20.1 Å². The van der Waals surface area contributed by atoms with Crippen LogP contribution < -0.4 is 15.8 Å². The molecule has 248 valence electrons. The van der Waals surface area contributed by atoms with Crippen molar-refractivity contribution in [1.29, 1.82) is 0 Å². The van der Waals surface area contributed by atoms with Gasteiger partial charge in [-0.15, -0.1) is 0 Å². The average molecular weight is 620 g/mol. The number of nitrogens with zero attached hydrogens (tertiary/aromatic N) is 3. The Hall–Kier alpha value is -3.12. The van der Waals surface area contributed by atoms with Gasteiger partial charge in [-0.1, -0.05) is 25.7 Å². The molecule has 45 heavy (non-hydrogen) atoms. The van der Waals surface area contributed by atoms with Crippen LogP contribution in [0, 0.1) is 32.6 Å². The Labute approximate surface area is 271 Å². The molecule has 0 atom stereocenters. The second-order valence-electron chi connectivity index (χ2n) is 12.7. The van der Waals surface area contributed by atoms with Crippen LogP contribution in [0.2, 0.25) is 0 Å². The first kappa shape index (κ1) is 36.3. The number of likely N-dealkylation sites (tertiary alicyclic amines) is 1. The van der Waals surface area contributed by atoms with Gasteiger partial charge in [0.05, 0.1) is 13.2 Å². The number of likely N-dealkylation sites (N-methyl/N-ethyl adjacent to an activating group) is 1. The maximum absolute atomic E-state index is 13.7. The smallest absolute Gasteiger partial charge is 0.253 e. The lowest BCUT2D eigenvalue weighted by atomic mass is 9.88. The number of piperidine rings is 1. The lowest BCUT2D eigenvalue weighted by molar-refractivity contribution is 0.0950. The lowest BCUT2D eigenvalue weighted by Crippen LogP contribution is -2.44. The highest BCUT2D eigenvalue weighted by molar-refractivity contribution is 5.97. The SMILES string of the molecule is C.CCN(c1cc(C#CCN2CCCCC2)cc(C(=O)NCc2c(C)cc(C)[nH]c2=O)c1C)C1CCC(N(C)CCOC)CC1. The number of anilines is 1. The Kier molecular flexibility index (Phi) is 14.2. The third-order valence-electron chi connectivity index (χ3n) is 9.56. The van der Waals surface area contributed by atoms with Crippen molar-refractivity contribution in [2.75, 3.05) is 58.4 Å². The second kappa shape index (κ2) is 17.5. The zero-order chi connectivity index (χ0) is 31.6. The number of H-pyrrole nitrogens is 1. The van der Waals surface area contributed by atoms with Gasteiger partial charge in [-0.05, 0) is 116 Å². The minimum absolute atomic E-state index is 0. The molecule has 1 aromatic heterocycles. The third kappa shape index (κ3) is 9.68. The van der Waals surface area contributed by atoms with E-state index in [1.165, 1.54) is 19.3 Å². The Morgan fingerprint density at radius 2 is 1.76 bits per heavy atom. The molecule has 1 aliphatic carbocycles. The van der Waals surface area contributed by atoms with E-state index in [4.69, 9.17) is 4.74 Å². The van der Waals surface area contributed by atoms with E-state index < -0.39 is 0 Å². The number of hydrogen-bond acceptors (Lipinski definition) is 6. The predicted octanol–water partition coefficient (Wildman–Crippen LogP) is 5.42. The van der Waals surface area contributed by atoms with Crippen LogP contribution in [-0.2, 0) is 11.3 Å². The number of methoxy groups -OCH3 is 1. The first-order valence-corrected chi connectivity index (χ1v) is 16.5. The fourth-order valence-corrected chi connectivity index (χ4v) is 6.90. The van der Waals surface area contributed by atoms with Gasteiger partial charge in [-0.2, -0.15) is 0 Å². The summed E-state index contributed by atoms with van der Waals surface area (Å²) in [7, 11) is 3.96. The number of aromatic nitrogens is 1. The highest BCUT2D eigenvalue weighted by Gasteiger charge is 2.29. The Morgan fingerprint density at radius 3 is 2.40 bits per heavy atom. The van der Waals surface area contributed by atoms with E-state index in [-0.39, 0.29) is 25.4 Å². The molecule has 8 heteroatoms. The molecule has 2 N–H and O–H groups in total. The van der Waals surface area contributed by atoms with Crippen LogP contribution in [0.25, 0.3) is 0 Å². The third-order valence-corrected chi connectivity index (χ3v) is 9.56. The highest BCUT2D eigenvalue weighted by atomic mass is 16.5. The molecule has 1 saturated carbocycles. The summed E-state index contributed by atoms with van der Waals surface area (Å²) in [5, 5.41) is 3.04. The number of rotatable bonds is 11. The Morgan fingerprint density at radius 1 is 1.07 bits per heavy atom. The van der Waals surface area contributed by atoms with E-state index in [0.29, 0.717) is 23.2 Å². The average Bonchev–Trinajstić information content (AvgIpc) is 3.01. The molecule has 1 saturated heterocycles. The zero-order valence-electron chi connectivity index (χ0n) is 27.9. The molecular weight excluding hydrogens is 562 g/mol. The lowest BCUT2D eigenvalue weighted by Gasteiger charge is -2.41. The quantitative estimate of drug-likeness (QED) is 0.327. The van der Waals surface area contributed by atoms with Crippen LogP contribution in [0.4, 0.5) is 5.69 Å². The van der Waals surface area contributed by atoms with Crippen molar-refractivity contribution >= 4 is 11.6 Å². The van der Waals surface area contributed by atoms with Crippen molar-refractivity contribution < 1.29 is 9.53 Å². The number of hydrogen-bond donors (Lipinski definition) is 2. The van der Waals surface area contributed by atoms with Crippen molar-refractivity contribution in [2.45, 2.75) is 98.7 Å². The summed E-state index contributed by atoms with van der Waals surface area (Å²) in [4.78, 5) is 36.5. The summed E-state index contributed by atoms with van der Waals surface area (Å²) >= 11 is 0. The van der Waals surface area contributed by atoms with E-state index in [1.807, 2.05) is 32.9 Å². The van der Waals surface area contributed by atoms with Gasteiger partial charge in [0.1, 0.15) is 0 Å². The number of benzene rings is 1. The van der Waals surface area contributed by atoms with E-state index in [9.17, 15) is 9.59 Å². The van der Waals surface area contributed by atoms with Crippen LogP contribution in [0.3, 0.4) is 0 Å². The summed E-state index contributed by atoms with van der Waals surface area (Å²) in [6.45, 7) is 13.7. The number of carbonyl (C=O) groups is 1.